The number of ether oxygens (including phenoxy) is 3. The summed E-state index contributed by atoms with van der Waals surface area (Å²) in [5, 5.41) is 2.83. The molecule has 0 unspecified atom stereocenters. The van der Waals surface area contributed by atoms with Gasteiger partial charge in [0, 0.05) is 24.5 Å². The van der Waals surface area contributed by atoms with Gasteiger partial charge in [-0.05, 0) is 80.6 Å². The number of anilines is 1. The Bertz CT molecular complexity index is 1260. The Morgan fingerprint density at radius 2 is 1.86 bits per heavy atom. The number of aryl methyl sites for hydroxylation is 2. The number of carbonyl (C=O) groups excluding carboxylic acids is 3. The normalized spacial score (nSPS) is 18.5. The molecule has 2 aliphatic rings. The van der Waals surface area contributed by atoms with Gasteiger partial charge in [-0.1, -0.05) is 18.2 Å². The zero-order chi connectivity index (χ0) is 26.5. The maximum Gasteiger partial charge on any atom is 0.343 e. The van der Waals surface area contributed by atoms with Crippen molar-refractivity contribution in [2.75, 3.05) is 31.8 Å². The number of allylic oxidation sites excluding steroid dienone is 2. The SMILES string of the molecule is COC(=O)C1=C(C)N(c2ccc(C)c(C)c2)/C(=C\c2ccc(OCC(=O)NC[C@@H]3CCCO3)cc2)C1=O. The van der Waals surface area contributed by atoms with E-state index in [4.69, 9.17) is 14.2 Å². The van der Waals surface area contributed by atoms with Gasteiger partial charge >= 0.3 is 5.97 Å². The first kappa shape index (κ1) is 26.2. The first-order valence-corrected chi connectivity index (χ1v) is 12.3. The van der Waals surface area contributed by atoms with Gasteiger partial charge in [0.2, 0.25) is 5.78 Å². The molecule has 8 heteroatoms. The number of Topliss-reactive ketones (excluding diaryl/α,β-unsaturated/α-hetero) is 1. The zero-order valence-corrected chi connectivity index (χ0v) is 21.6. The Balaban J connectivity index is 1.50. The van der Waals surface area contributed by atoms with Crippen molar-refractivity contribution in [2.45, 2.75) is 39.7 Å². The molecule has 194 valence electrons. The van der Waals surface area contributed by atoms with Gasteiger partial charge in [-0.2, -0.15) is 0 Å². The fourth-order valence-electron chi connectivity index (χ4n) is 4.41. The fraction of sp³-hybridized carbons (Fsp3) is 0.345. The Morgan fingerprint density at radius 1 is 1.11 bits per heavy atom. The van der Waals surface area contributed by atoms with Gasteiger partial charge in [0.15, 0.2) is 6.61 Å². The molecule has 0 saturated carbocycles. The minimum absolute atomic E-state index is 0.0148. The van der Waals surface area contributed by atoms with Crippen molar-refractivity contribution in [2.24, 2.45) is 0 Å². The topological polar surface area (TPSA) is 94.2 Å². The summed E-state index contributed by atoms with van der Waals surface area (Å²) < 4.78 is 16.0. The van der Waals surface area contributed by atoms with Crippen molar-refractivity contribution >= 4 is 29.4 Å². The maximum absolute atomic E-state index is 13.3. The predicted molar refractivity (Wildman–Crippen MR) is 140 cm³/mol. The van der Waals surface area contributed by atoms with Crippen LogP contribution in [0.1, 0.15) is 36.5 Å². The van der Waals surface area contributed by atoms with Gasteiger partial charge in [-0.3, -0.25) is 9.59 Å². The minimum atomic E-state index is -0.666. The molecule has 1 N–H and O–H groups in total. The highest BCUT2D eigenvalue weighted by atomic mass is 16.5. The van der Waals surface area contributed by atoms with Crippen molar-refractivity contribution in [3.63, 3.8) is 0 Å². The number of esters is 1. The number of benzene rings is 2. The van der Waals surface area contributed by atoms with Crippen LogP contribution in [0, 0.1) is 13.8 Å². The summed E-state index contributed by atoms with van der Waals surface area (Å²) in [4.78, 5) is 39.6. The number of methoxy groups -OCH3 is 1. The van der Waals surface area contributed by atoms with Crippen LogP contribution >= 0.6 is 0 Å². The second-order valence-electron chi connectivity index (χ2n) is 9.21. The molecule has 1 atom stereocenters. The molecule has 0 aromatic heterocycles. The van der Waals surface area contributed by atoms with E-state index in [0.29, 0.717) is 23.7 Å². The zero-order valence-electron chi connectivity index (χ0n) is 21.6. The van der Waals surface area contributed by atoms with Crippen LogP contribution in [0.25, 0.3) is 6.08 Å². The molecule has 2 heterocycles. The number of nitrogens with zero attached hydrogens (tertiary/aromatic N) is 1. The molecule has 0 aliphatic carbocycles. The second kappa shape index (κ2) is 11.4. The Morgan fingerprint density at radius 3 is 2.51 bits per heavy atom. The number of carbonyl (C=O) groups is 3. The molecule has 0 spiro atoms. The lowest BCUT2D eigenvalue weighted by Gasteiger charge is -2.22. The monoisotopic (exact) mass is 504 g/mol. The van der Waals surface area contributed by atoms with Crippen LogP contribution in [0.4, 0.5) is 5.69 Å². The van der Waals surface area contributed by atoms with Crippen molar-refractivity contribution in [3.8, 4) is 5.75 Å². The number of ketones is 1. The van der Waals surface area contributed by atoms with E-state index in [0.717, 1.165) is 41.8 Å². The van der Waals surface area contributed by atoms with E-state index in [1.807, 2.05) is 32.0 Å². The predicted octanol–water partition coefficient (Wildman–Crippen LogP) is 3.85. The number of amides is 1. The lowest BCUT2D eigenvalue weighted by molar-refractivity contribution is -0.137. The Kier molecular flexibility index (Phi) is 8.08. The third kappa shape index (κ3) is 5.91. The van der Waals surface area contributed by atoms with Crippen LogP contribution in [0.3, 0.4) is 0 Å². The average molecular weight is 505 g/mol. The minimum Gasteiger partial charge on any atom is -0.484 e. The van der Waals surface area contributed by atoms with Gasteiger partial charge < -0.3 is 24.4 Å². The van der Waals surface area contributed by atoms with E-state index >= 15 is 0 Å². The van der Waals surface area contributed by atoms with Crippen molar-refractivity contribution < 1.29 is 28.6 Å². The van der Waals surface area contributed by atoms with Gasteiger partial charge in [0.1, 0.15) is 11.3 Å². The van der Waals surface area contributed by atoms with E-state index in [1.54, 1.807) is 42.2 Å². The Labute approximate surface area is 216 Å². The van der Waals surface area contributed by atoms with Gasteiger partial charge in [0.05, 0.1) is 18.9 Å². The van der Waals surface area contributed by atoms with E-state index in [2.05, 4.69) is 5.32 Å². The molecular weight excluding hydrogens is 472 g/mol. The van der Waals surface area contributed by atoms with Crippen LogP contribution in [0.2, 0.25) is 0 Å². The van der Waals surface area contributed by atoms with Crippen molar-refractivity contribution in [3.05, 3.63) is 76.1 Å². The molecule has 2 aliphatic heterocycles. The summed E-state index contributed by atoms with van der Waals surface area (Å²) in [7, 11) is 1.26. The van der Waals surface area contributed by atoms with Crippen LogP contribution in [-0.4, -0.2) is 50.6 Å². The van der Waals surface area contributed by atoms with Gasteiger partial charge in [0.25, 0.3) is 5.91 Å². The molecule has 8 nitrogen and oxygen atoms in total. The quantitative estimate of drug-likeness (QED) is 0.332. The van der Waals surface area contributed by atoms with E-state index in [-0.39, 0.29) is 24.2 Å². The molecule has 1 saturated heterocycles. The van der Waals surface area contributed by atoms with Crippen LogP contribution in [-0.2, 0) is 23.9 Å². The molecule has 0 bridgehead atoms. The lowest BCUT2D eigenvalue weighted by atomic mass is 10.1. The van der Waals surface area contributed by atoms with Crippen LogP contribution < -0.4 is 15.0 Å². The summed E-state index contributed by atoms with van der Waals surface area (Å²) in [6.07, 6.45) is 3.79. The van der Waals surface area contributed by atoms with Gasteiger partial charge in [-0.25, -0.2) is 4.79 Å². The van der Waals surface area contributed by atoms with E-state index in [1.165, 1.54) is 7.11 Å². The summed E-state index contributed by atoms with van der Waals surface area (Å²) in [6, 6.07) is 13.0. The first-order chi connectivity index (χ1) is 17.8. The molecular formula is C29H32N2O6. The standard InChI is InChI=1S/C29H32N2O6/c1-18-7-10-22(14-19(18)2)31-20(3)27(29(34)35-4)28(33)25(31)15-21-8-11-23(12-9-21)37-17-26(32)30-16-24-6-5-13-36-24/h7-12,14-15,24H,5-6,13,16-17H2,1-4H3,(H,30,32)/b25-15-/t24-/m0/s1. The number of nitrogens with one attached hydrogen (secondary N) is 1. The highest BCUT2D eigenvalue weighted by molar-refractivity contribution is 6.30. The highest BCUT2D eigenvalue weighted by Crippen LogP contribution is 2.36. The highest BCUT2D eigenvalue weighted by Gasteiger charge is 2.38. The first-order valence-electron chi connectivity index (χ1n) is 12.3. The van der Waals surface area contributed by atoms with Crippen LogP contribution in [0.5, 0.6) is 5.75 Å². The second-order valence-corrected chi connectivity index (χ2v) is 9.21. The lowest BCUT2D eigenvalue weighted by Crippen LogP contribution is -2.35. The summed E-state index contributed by atoms with van der Waals surface area (Å²) in [5.41, 5.74) is 4.61. The molecule has 2 aromatic rings. The van der Waals surface area contributed by atoms with Crippen molar-refractivity contribution in [1.29, 1.82) is 0 Å². The molecule has 4 rings (SSSR count). The molecule has 1 fully saturated rings. The smallest absolute Gasteiger partial charge is 0.343 e. The Hall–Kier alpha value is -3.91. The number of hydrogen-bond acceptors (Lipinski definition) is 7. The number of rotatable bonds is 8. The largest absolute Gasteiger partial charge is 0.484 e. The summed E-state index contributed by atoms with van der Waals surface area (Å²) in [5.74, 6) is -0.742. The van der Waals surface area contributed by atoms with Crippen LogP contribution in [0.15, 0.2) is 59.4 Å². The molecule has 37 heavy (non-hydrogen) atoms. The average Bonchev–Trinajstić information content (AvgIpc) is 3.50. The van der Waals surface area contributed by atoms with Gasteiger partial charge in [-0.15, -0.1) is 0 Å². The van der Waals surface area contributed by atoms with E-state index < -0.39 is 11.8 Å². The summed E-state index contributed by atoms with van der Waals surface area (Å²) in [6.45, 7) is 6.89. The third-order valence-electron chi connectivity index (χ3n) is 6.64. The molecule has 2 aromatic carbocycles. The molecule has 1 amide bonds. The molecule has 0 radical (unpaired) electrons. The number of hydrogen-bond donors (Lipinski definition) is 1. The third-order valence-corrected chi connectivity index (χ3v) is 6.64. The van der Waals surface area contributed by atoms with E-state index in [9.17, 15) is 14.4 Å². The van der Waals surface area contributed by atoms with Crippen molar-refractivity contribution in [1.82, 2.24) is 5.32 Å². The maximum atomic E-state index is 13.3. The fourth-order valence-corrected chi connectivity index (χ4v) is 4.41. The summed E-state index contributed by atoms with van der Waals surface area (Å²) >= 11 is 0.